The molecule has 0 unspecified atom stereocenters. The van der Waals surface area contributed by atoms with Crippen molar-refractivity contribution in [1.29, 1.82) is 0 Å². The maximum Gasteiger partial charge on any atom is 0.345 e. The molecule has 0 spiro atoms. The fourth-order valence-corrected chi connectivity index (χ4v) is 4.69. The summed E-state index contributed by atoms with van der Waals surface area (Å²) in [4.78, 5) is 28.1. The number of rotatable bonds is 4. The van der Waals surface area contributed by atoms with E-state index in [0.717, 1.165) is 37.4 Å². The summed E-state index contributed by atoms with van der Waals surface area (Å²) in [7, 11) is 0. The second-order valence-corrected chi connectivity index (χ2v) is 8.20. The molecule has 27 heavy (non-hydrogen) atoms. The van der Waals surface area contributed by atoms with Gasteiger partial charge in [0.05, 0.1) is 17.8 Å². The predicted octanol–water partition coefficient (Wildman–Crippen LogP) is 1.21. The van der Waals surface area contributed by atoms with Crippen molar-refractivity contribution in [2.24, 2.45) is 5.92 Å². The van der Waals surface area contributed by atoms with Gasteiger partial charge in [0.25, 0.3) is 5.91 Å². The Bertz CT molecular complexity index is 950. The summed E-state index contributed by atoms with van der Waals surface area (Å²) in [5.41, 5.74) is 1.59. The van der Waals surface area contributed by atoms with Gasteiger partial charge in [-0.2, -0.15) is 10.2 Å². The Kier molecular flexibility index (Phi) is 3.77. The van der Waals surface area contributed by atoms with Gasteiger partial charge in [0.2, 0.25) is 0 Å². The van der Waals surface area contributed by atoms with Crippen molar-refractivity contribution in [3.05, 3.63) is 33.8 Å². The van der Waals surface area contributed by atoms with Crippen LogP contribution >= 0.6 is 0 Å². The average Bonchev–Trinajstić information content (AvgIpc) is 3.21. The summed E-state index contributed by atoms with van der Waals surface area (Å²) in [6, 6.07) is 0.175. The summed E-state index contributed by atoms with van der Waals surface area (Å²) in [5, 5.41) is 8.95. The van der Waals surface area contributed by atoms with Crippen LogP contribution in [0.25, 0.3) is 0 Å². The summed E-state index contributed by atoms with van der Waals surface area (Å²) in [6.45, 7) is 6.02. The zero-order valence-corrected chi connectivity index (χ0v) is 16.0. The van der Waals surface area contributed by atoms with Gasteiger partial charge in [0.1, 0.15) is 5.82 Å². The zero-order valence-electron chi connectivity index (χ0n) is 16.0. The molecule has 5 rings (SSSR count). The van der Waals surface area contributed by atoms with E-state index in [-0.39, 0.29) is 23.7 Å². The first-order valence-electron chi connectivity index (χ1n) is 10.1. The summed E-state index contributed by atoms with van der Waals surface area (Å²) in [6.07, 6.45) is 6.67. The molecule has 2 aliphatic heterocycles. The molecule has 2 bridgehead atoms. The highest BCUT2D eigenvalue weighted by molar-refractivity contribution is 5.95. The Hall–Kier alpha value is -2.38. The van der Waals surface area contributed by atoms with Crippen LogP contribution in [-0.4, -0.2) is 47.0 Å². The van der Waals surface area contributed by atoms with Gasteiger partial charge >= 0.3 is 5.69 Å². The van der Waals surface area contributed by atoms with E-state index in [9.17, 15) is 9.59 Å². The fraction of sp³-hybridized carbons (Fsp3) is 0.684. The summed E-state index contributed by atoms with van der Waals surface area (Å²) in [5.74, 6) is 1.50. The zero-order chi connectivity index (χ0) is 18.7. The molecule has 0 aromatic carbocycles. The van der Waals surface area contributed by atoms with Gasteiger partial charge in [-0.05, 0) is 45.4 Å². The maximum atomic E-state index is 13.3. The highest BCUT2D eigenvalue weighted by atomic mass is 16.2. The SMILES string of the molecule is CCn1ncc(C(=O)N2[C@@H]3CC[C@H]2Cc2nn(CC4CC4)c(=O)n2C3)c1C. The molecule has 2 aromatic heterocycles. The molecule has 1 aliphatic carbocycles. The number of carbonyl (C=O) groups excluding carboxylic acids is 1. The van der Waals surface area contributed by atoms with Crippen LogP contribution in [0.2, 0.25) is 0 Å². The van der Waals surface area contributed by atoms with Crippen molar-refractivity contribution >= 4 is 5.91 Å². The van der Waals surface area contributed by atoms with Gasteiger partial charge in [-0.15, -0.1) is 0 Å². The lowest BCUT2D eigenvalue weighted by atomic mass is 10.1. The van der Waals surface area contributed by atoms with E-state index in [1.54, 1.807) is 10.9 Å². The first-order valence-corrected chi connectivity index (χ1v) is 10.1. The van der Waals surface area contributed by atoms with E-state index in [2.05, 4.69) is 10.2 Å². The number of hydrogen-bond acceptors (Lipinski definition) is 4. The summed E-state index contributed by atoms with van der Waals surface area (Å²) >= 11 is 0. The monoisotopic (exact) mass is 370 g/mol. The van der Waals surface area contributed by atoms with Gasteiger partial charge in [-0.1, -0.05) is 0 Å². The molecule has 1 amide bonds. The molecule has 3 aliphatic rings. The van der Waals surface area contributed by atoms with E-state index in [1.165, 1.54) is 12.8 Å². The first-order chi connectivity index (χ1) is 13.1. The topological polar surface area (TPSA) is 78.0 Å². The number of aryl methyl sites for hydroxylation is 1. The Morgan fingerprint density at radius 1 is 1.19 bits per heavy atom. The standard InChI is InChI=1S/C19H26N6O2/c1-3-23-12(2)16(9-20-23)18(26)25-14-6-7-15(25)11-22-17(8-14)21-24(19(22)27)10-13-4-5-13/h9,13-15H,3-8,10-11H2,1-2H3/t14-,15+/m0/s1. The van der Waals surface area contributed by atoms with Gasteiger partial charge in [-0.25, -0.2) is 9.48 Å². The molecule has 4 heterocycles. The van der Waals surface area contributed by atoms with Crippen LogP contribution in [0.5, 0.6) is 0 Å². The van der Waals surface area contributed by atoms with E-state index in [1.807, 2.05) is 28.0 Å². The molecule has 1 saturated carbocycles. The third-order valence-corrected chi connectivity index (χ3v) is 6.43. The molecule has 0 N–H and O–H groups in total. The molecule has 2 atom stereocenters. The molecule has 8 heteroatoms. The van der Waals surface area contributed by atoms with E-state index < -0.39 is 0 Å². The molecular weight excluding hydrogens is 344 g/mol. The van der Waals surface area contributed by atoms with Crippen molar-refractivity contribution < 1.29 is 4.79 Å². The van der Waals surface area contributed by atoms with E-state index in [0.29, 0.717) is 24.4 Å². The van der Waals surface area contributed by atoms with Crippen LogP contribution in [0, 0.1) is 12.8 Å². The first kappa shape index (κ1) is 16.8. The van der Waals surface area contributed by atoms with Crippen molar-refractivity contribution in [3.63, 3.8) is 0 Å². The normalized spacial score (nSPS) is 24.1. The lowest BCUT2D eigenvalue weighted by Crippen LogP contribution is -2.43. The number of nitrogens with zero attached hydrogens (tertiary/aromatic N) is 6. The minimum atomic E-state index is -0.00756. The van der Waals surface area contributed by atoms with Crippen LogP contribution < -0.4 is 5.69 Å². The fourth-order valence-electron chi connectivity index (χ4n) is 4.69. The molecule has 0 radical (unpaired) electrons. The smallest absolute Gasteiger partial charge is 0.330 e. The minimum absolute atomic E-state index is 0.00756. The third kappa shape index (κ3) is 2.64. The highest BCUT2D eigenvalue weighted by Crippen LogP contribution is 2.33. The van der Waals surface area contributed by atoms with Crippen LogP contribution in [0.4, 0.5) is 0 Å². The largest absolute Gasteiger partial charge is 0.345 e. The van der Waals surface area contributed by atoms with Crippen LogP contribution in [0.15, 0.2) is 11.0 Å². The quantitative estimate of drug-likeness (QED) is 0.810. The number of carbonyl (C=O) groups is 1. The number of amides is 1. The van der Waals surface area contributed by atoms with Crippen molar-refractivity contribution in [2.75, 3.05) is 0 Å². The van der Waals surface area contributed by atoms with Gasteiger partial charge < -0.3 is 4.90 Å². The Morgan fingerprint density at radius 2 is 1.96 bits per heavy atom. The molecular formula is C19H26N6O2. The Morgan fingerprint density at radius 3 is 2.67 bits per heavy atom. The summed E-state index contributed by atoms with van der Waals surface area (Å²) < 4.78 is 5.32. The number of aromatic nitrogens is 5. The van der Waals surface area contributed by atoms with Crippen LogP contribution in [-0.2, 0) is 26.1 Å². The molecule has 2 aromatic rings. The van der Waals surface area contributed by atoms with E-state index >= 15 is 0 Å². The highest BCUT2D eigenvalue weighted by Gasteiger charge is 2.42. The third-order valence-electron chi connectivity index (χ3n) is 6.43. The Labute approximate surface area is 157 Å². The van der Waals surface area contributed by atoms with Crippen molar-refractivity contribution in [2.45, 2.75) is 77.7 Å². The molecule has 144 valence electrons. The predicted molar refractivity (Wildman–Crippen MR) is 98.5 cm³/mol. The molecule has 2 fully saturated rings. The van der Waals surface area contributed by atoms with Crippen molar-refractivity contribution in [1.82, 2.24) is 29.0 Å². The van der Waals surface area contributed by atoms with Gasteiger partial charge in [-0.3, -0.25) is 14.0 Å². The second-order valence-electron chi connectivity index (χ2n) is 8.20. The van der Waals surface area contributed by atoms with Crippen LogP contribution in [0.1, 0.15) is 54.5 Å². The minimum Gasteiger partial charge on any atom is -0.330 e. The van der Waals surface area contributed by atoms with Crippen LogP contribution in [0.3, 0.4) is 0 Å². The lowest BCUT2D eigenvalue weighted by Gasteiger charge is -2.27. The maximum absolute atomic E-state index is 13.3. The van der Waals surface area contributed by atoms with Gasteiger partial charge in [0, 0.05) is 37.8 Å². The molecule has 1 saturated heterocycles. The lowest BCUT2D eigenvalue weighted by molar-refractivity contribution is 0.0664. The van der Waals surface area contributed by atoms with Gasteiger partial charge in [0.15, 0.2) is 0 Å². The second kappa shape index (κ2) is 6.07. The van der Waals surface area contributed by atoms with Crippen molar-refractivity contribution in [3.8, 4) is 0 Å². The van der Waals surface area contributed by atoms with E-state index in [4.69, 9.17) is 0 Å². The molecule has 8 nitrogen and oxygen atoms in total. The Balaban J connectivity index is 1.44. The average molecular weight is 370 g/mol. The number of hydrogen-bond donors (Lipinski definition) is 0. The number of fused-ring (bicyclic) bond motifs is 3.